The monoisotopic (exact) mass is 430 g/mol. The number of nitrogens with zero attached hydrogens (tertiary/aromatic N) is 3. The van der Waals surface area contributed by atoms with Crippen molar-refractivity contribution in [2.75, 3.05) is 11.9 Å². The molecule has 1 aliphatic rings. The standard InChI is InChI=1S/C23H18N4O3S/c1-14-6-8-15(9-7-14)17-13-31-23(24-17)25-20(28)11-27-21(29)12-26-18-5-3-2-4-16(18)10-19(26)22(27)30/h2-10,13H,11-12H2,1H3,(H,24,25,28). The number of thiazole rings is 1. The Bertz CT molecular complexity index is 1340. The van der Waals surface area contributed by atoms with Crippen molar-refractivity contribution in [2.24, 2.45) is 0 Å². The number of hydrogen-bond acceptors (Lipinski definition) is 5. The molecular weight excluding hydrogens is 412 g/mol. The highest BCUT2D eigenvalue weighted by Gasteiger charge is 2.33. The summed E-state index contributed by atoms with van der Waals surface area (Å²) in [4.78, 5) is 43.5. The summed E-state index contributed by atoms with van der Waals surface area (Å²) in [5, 5.41) is 5.86. The van der Waals surface area contributed by atoms with Crippen LogP contribution in [-0.2, 0) is 16.1 Å². The van der Waals surface area contributed by atoms with Crippen LogP contribution >= 0.6 is 11.3 Å². The Hall–Kier alpha value is -3.78. The lowest BCUT2D eigenvalue weighted by molar-refractivity contribution is -0.133. The number of aromatic nitrogens is 2. The zero-order valence-corrected chi connectivity index (χ0v) is 17.5. The van der Waals surface area contributed by atoms with E-state index in [-0.39, 0.29) is 13.1 Å². The third-order valence-corrected chi connectivity index (χ3v) is 6.03. The number of amides is 3. The second kappa shape index (κ2) is 7.48. The second-order valence-corrected chi connectivity index (χ2v) is 8.27. The van der Waals surface area contributed by atoms with E-state index >= 15 is 0 Å². The van der Waals surface area contributed by atoms with E-state index in [1.165, 1.54) is 11.3 Å². The molecule has 0 bridgehead atoms. The predicted molar refractivity (Wildman–Crippen MR) is 119 cm³/mol. The van der Waals surface area contributed by atoms with Crippen LogP contribution in [0.3, 0.4) is 0 Å². The molecule has 0 saturated carbocycles. The Kier molecular flexibility index (Phi) is 4.63. The molecule has 0 fully saturated rings. The van der Waals surface area contributed by atoms with Gasteiger partial charge in [0.15, 0.2) is 5.13 Å². The molecule has 4 aromatic rings. The first-order valence-electron chi connectivity index (χ1n) is 9.75. The van der Waals surface area contributed by atoms with Crippen LogP contribution in [0.2, 0.25) is 0 Å². The first kappa shape index (κ1) is 19.2. The van der Waals surface area contributed by atoms with Crippen molar-refractivity contribution in [1.82, 2.24) is 14.5 Å². The van der Waals surface area contributed by atoms with E-state index in [9.17, 15) is 14.4 Å². The molecule has 3 amide bonds. The topological polar surface area (TPSA) is 84.3 Å². The SMILES string of the molecule is Cc1ccc(-c2csc(NC(=O)CN3C(=O)Cn4c(cc5ccccc54)C3=O)n2)cc1. The quantitative estimate of drug-likeness (QED) is 0.501. The minimum absolute atomic E-state index is 0.0245. The summed E-state index contributed by atoms with van der Waals surface area (Å²) in [6, 6.07) is 17.2. The maximum Gasteiger partial charge on any atom is 0.277 e. The van der Waals surface area contributed by atoms with Gasteiger partial charge < -0.3 is 9.88 Å². The fraction of sp³-hybridized carbons (Fsp3) is 0.130. The van der Waals surface area contributed by atoms with Crippen LogP contribution in [-0.4, -0.2) is 38.7 Å². The minimum atomic E-state index is -0.470. The zero-order chi connectivity index (χ0) is 21.5. The number of carbonyl (C=O) groups is 3. The van der Waals surface area contributed by atoms with Gasteiger partial charge in [-0.25, -0.2) is 4.98 Å². The number of carbonyl (C=O) groups excluding carboxylic acids is 3. The number of aryl methyl sites for hydroxylation is 1. The summed E-state index contributed by atoms with van der Waals surface area (Å²) < 4.78 is 1.70. The maximum absolute atomic E-state index is 12.9. The van der Waals surface area contributed by atoms with Gasteiger partial charge >= 0.3 is 0 Å². The zero-order valence-electron chi connectivity index (χ0n) is 16.7. The molecule has 1 aliphatic heterocycles. The highest BCUT2D eigenvalue weighted by Crippen LogP contribution is 2.26. The molecule has 31 heavy (non-hydrogen) atoms. The summed E-state index contributed by atoms with van der Waals surface area (Å²) in [6.45, 7) is 1.69. The lowest BCUT2D eigenvalue weighted by atomic mass is 10.1. The van der Waals surface area contributed by atoms with Crippen LogP contribution < -0.4 is 5.32 Å². The minimum Gasteiger partial charge on any atom is -0.327 e. The number of fused-ring (bicyclic) bond motifs is 3. The van der Waals surface area contributed by atoms with Gasteiger partial charge in [0.1, 0.15) is 18.8 Å². The molecule has 0 atom stereocenters. The molecule has 2 aromatic carbocycles. The van der Waals surface area contributed by atoms with E-state index in [0.29, 0.717) is 10.8 Å². The van der Waals surface area contributed by atoms with Crippen molar-refractivity contribution in [3.05, 3.63) is 71.2 Å². The van der Waals surface area contributed by atoms with Crippen LogP contribution in [0.25, 0.3) is 22.2 Å². The average molecular weight is 430 g/mol. The molecule has 3 heterocycles. The van der Waals surface area contributed by atoms with Crippen molar-refractivity contribution < 1.29 is 14.4 Å². The Morgan fingerprint density at radius 3 is 2.71 bits per heavy atom. The van der Waals surface area contributed by atoms with Gasteiger partial charge in [0, 0.05) is 21.8 Å². The van der Waals surface area contributed by atoms with Crippen LogP contribution in [0.1, 0.15) is 16.1 Å². The molecule has 2 aromatic heterocycles. The molecule has 1 N–H and O–H groups in total. The Balaban J connectivity index is 1.31. The normalized spacial score (nSPS) is 13.5. The van der Waals surface area contributed by atoms with Gasteiger partial charge in [0.2, 0.25) is 11.8 Å². The predicted octanol–water partition coefficient (Wildman–Crippen LogP) is 3.69. The smallest absolute Gasteiger partial charge is 0.277 e. The Morgan fingerprint density at radius 2 is 1.90 bits per heavy atom. The highest BCUT2D eigenvalue weighted by atomic mass is 32.1. The average Bonchev–Trinajstić information content (AvgIpc) is 3.37. The molecule has 8 heteroatoms. The summed E-state index contributed by atoms with van der Waals surface area (Å²) in [5.41, 5.74) is 4.10. The second-order valence-electron chi connectivity index (χ2n) is 7.41. The molecule has 0 spiro atoms. The van der Waals surface area contributed by atoms with E-state index in [1.807, 2.05) is 60.8 Å². The summed E-state index contributed by atoms with van der Waals surface area (Å²) in [6.07, 6.45) is 0. The highest BCUT2D eigenvalue weighted by molar-refractivity contribution is 7.14. The van der Waals surface area contributed by atoms with E-state index in [2.05, 4.69) is 10.3 Å². The lowest BCUT2D eigenvalue weighted by Crippen LogP contribution is -2.47. The van der Waals surface area contributed by atoms with Crippen LogP contribution in [0, 0.1) is 6.92 Å². The summed E-state index contributed by atoms with van der Waals surface area (Å²) in [7, 11) is 0. The number of para-hydroxylation sites is 1. The third kappa shape index (κ3) is 3.51. The molecule has 154 valence electrons. The van der Waals surface area contributed by atoms with E-state index in [0.717, 1.165) is 32.6 Å². The molecule has 0 radical (unpaired) electrons. The molecule has 5 rings (SSSR count). The number of anilines is 1. The number of imide groups is 1. The fourth-order valence-electron chi connectivity index (χ4n) is 3.68. The number of hydrogen-bond donors (Lipinski definition) is 1. The van der Waals surface area contributed by atoms with Gasteiger partial charge in [-0.3, -0.25) is 19.3 Å². The van der Waals surface area contributed by atoms with Gasteiger partial charge in [-0.15, -0.1) is 11.3 Å². The van der Waals surface area contributed by atoms with Crippen molar-refractivity contribution in [3.63, 3.8) is 0 Å². The van der Waals surface area contributed by atoms with Crippen molar-refractivity contribution >= 4 is 45.1 Å². The van der Waals surface area contributed by atoms with Crippen LogP contribution in [0.15, 0.2) is 60.0 Å². The van der Waals surface area contributed by atoms with Crippen molar-refractivity contribution in [2.45, 2.75) is 13.5 Å². The van der Waals surface area contributed by atoms with E-state index in [4.69, 9.17) is 0 Å². The lowest BCUT2D eigenvalue weighted by Gasteiger charge is -2.26. The molecule has 0 saturated heterocycles. The summed E-state index contributed by atoms with van der Waals surface area (Å²) in [5.74, 6) is -1.34. The van der Waals surface area contributed by atoms with Crippen LogP contribution in [0.4, 0.5) is 5.13 Å². The summed E-state index contributed by atoms with van der Waals surface area (Å²) >= 11 is 1.30. The maximum atomic E-state index is 12.9. The van der Waals surface area contributed by atoms with E-state index < -0.39 is 17.7 Å². The van der Waals surface area contributed by atoms with Gasteiger partial charge in [0.05, 0.1) is 5.69 Å². The van der Waals surface area contributed by atoms with Crippen molar-refractivity contribution in [1.29, 1.82) is 0 Å². The largest absolute Gasteiger partial charge is 0.327 e. The number of benzene rings is 2. The van der Waals surface area contributed by atoms with E-state index in [1.54, 1.807) is 10.6 Å². The Morgan fingerprint density at radius 1 is 1.13 bits per heavy atom. The van der Waals surface area contributed by atoms with Gasteiger partial charge in [-0.2, -0.15) is 0 Å². The molecule has 0 aliphatic carbocycles. The molecular formula is C23H18N4O3S. The van der Waals surface area contributed by atoms with Gasteiger partial charge in [-0.1, -0.05) is 48.0 Å². The Labute approximate surface area is 181 Å². The van der Waals surface area contributed by atoms with Gasteiger partial charge in [0.25, 0.3) is 5.91 Å². The number of nitrogens with one attached hydrogen (secondary N) is 1. The first-order valence-corrected chi connectivity index (χ1v) is 10.6. The number of rotatable bonds is 4. The molecule has 0 unspecified atom stereocenters. The third-order valence-electron chi connectivity index (χ3n) is 5.27. The fourth-order valence-corrected chi connectivity index (χ4v) is 4.42. The molecule has 7 nitrogen and oxygen atoms in total. The van der Waals surface area contributed by atoms with Gasteiger partial charge in [-0.05, 0) is 19.1 Å². The first-order chi connectivity index (χ1) is 15.0. The van der Waals surface area contributed by atoms with Crippen molar-refractivity contribution in [3.8, 4) is 11.3 Å². The van der Waals surface area contributed by atoms with Crippen LogP contribution in [0.5, 0.6) is 0 Å².